The Kier molecular flexibility index (Phi) is 7.31. The summed E-state index contributed by atoms with van der Waals surface area (Å²) in [6.07, 6.45) is 6.13. The van der Waals surface area contributed by atoms with Gasteiger partial charge in [0.15, 0.2) is 0 Å². The summed E-state index contributed by atoms with van der Waals surface area (Å²) < 4.78 is 13.2. The third-order valence-corrected chi connectivity index (χ3v) is 5.47. The lowest BCUT2D eigenvalue weighted by Crippen LogP contribution is -2.32. The van der Waals surface area contributed by atoms with Gasteiger partial charge < -0.3 is 14.4 Å². The zero-order valence-electron chi connectivity index (χ0n) is 16.8. The van der Waals surface area contributed by atoms with E-state index in [2.05, 4.69) is 32.8 Å². The van der Waals surface area contributed by atoms with Gasteiger partial charge in [-0.25, -0.2) is 9.98 Å². The molecule has 1 aromatic heterocycles. The Hall–Kier alpha value is -2.08. The minimum Gasteiger partial charge on any atom is -0.490 e. The van der Waals surface area contributed by atoms with Gasteiger partial charge in [0, 0.05) is 20.0 Å². The zero-order chi connectivity index (χ0) is 19.9. The van der Waals surface area contributed by atoms with E-state index < -0.39 is 0 Å². The summed E-state index contributed by atoms with van der Waals surface area (Å²) in [7, 11) is 2.00. The number of nitrogens with zero attached hydrogens (tertiary/aromatic N) is 3. The van der Waals surface area contributed by atoms with E-state index in [1.165, 1.54) is 0 Å². The van der Waals surface area contributed by atoms with Crippen molar-refractivity contribution in [3.63, 3.8) is 0 Å². The lowest BCUT2D eigenvalue weighted by Gasteiger charge is -2.30. The lowest BCUT2D eigenvalue weighted by molar-refractivity contribution is 0.0649. The van der Waals surface area contributed by atoms with Crippen LogP contribution in [-0.4, -0.2) is 42.0 Å². The highest BCUT2D eigenvalue weighted by Crippen LogP contribution is 2.33. The second-order valence-electron chi connectivity index (χ2n) is 7.16. The number of ether oxygens (including phenoxy) is 2. The summed E-state index contributed by atoms with van der Waals surface area (Å²) in [6.45, 7) is 4.95. The molecule has 1 aliphatic carbocycles. The van der Waals surface area contributed by atoms with Crippen LogP contribution in [-0.2, 0) is 0 Å². The van der Waals surface area contributed by atoms with Crippen molar-refractivity contribution < 1.29 is 9.47 Å². The Morgan fingerprint density at radius 3 is 2.64 bits per heavy atom. The van der Waals surface area contributed by atoms with Crippen LogP contribution in [0.5, 0.6) is 11.6 Å². The number of benzene rings is 1. The van der Waals surface area contributed by atoms with Crippen molar-refractivity contribution >= 4 is 28.0 Å². The predicted octanol–water partition coefficient (Wildman–Crippen LogP) is 5.53. The molecule has 0 spiro atoms. The van der Waals surface area contributed by atoms with E-state index in [1.54, 1.807) is 0 Å². The van der Waals surface area contributed by atoms with Gasteiger partial charge in [-0.15, -0.1) is 0 Å². The number of rotatable bonds is 7. The van der Waals surface area contributed by atoms with Gasteiger partial charge in [0.05, 0.1) is 22.2 Å². The summed E-state index contributed by atoms with van der Waals surface area (Å²) in [6, 6.07) is 12.0. The molecule has 150 valence electrons. The zero-order valence-corrected chi connectivity index (χ0v) is 18.4. The molecule has 2 aromatic rings. The molecule has 0 aliphatic heterocycles. The first kappa shape index (κ1) is 20.6. The molecular formula is C22H28BrN3O2. The number of para-hydroxylation sites is 1. The molecule has 0 amide bonds. The highest BCUT2D eigenvalue weighted by Gasteiger charge is 2.26. The molecule has 1 heterocycles. The van der Waals surface area contributed by atoms with Crippen LogP contribution in [0.1, 0.15) is 38.3 Å². The maximum absolute atomic E-state index is 6.24. The quantitative estimate of drug-likeness (QED) is 0.414. The first-order chi connectivity index (χ1) is 13.5. The highest BCUT2D eigenvalue weighted by molar-refractivity contribution is 9.10. The number of pyridine rings is 1. The van der Waals surface area contributed by atoms with Crippen LogP contribution in [0.25, 0.3) is 0 Å². The van der Waals surface area contributed by atoms with E-state index >= 15 is 0 Å². The summed E-state index contributed by atoms with van der Waals surface area (Å²) in [4.78, 5) is 11.2. The Morgan fingerprint density at radius 1 is 1.21 bits per heavy atom. The molecule has 2 atom stereocenters. The maximum atomic E-state index is 6.24. The van der Waals surface area contributed by atoms with Gasteiger partial charge in [-0.05, 0) is 67.2 Å². The molecule has 0 saturated heterocycles. The van der Waals surface area contributed by atoms with Gasteiger partial charge >= 0.3 is 0 Å². The van der Waals surface area contributed by atoms with E-state index in [-0.39, 0.29) is 12.2 Å². The van der Waals surface area contributed by atoms with Crippen molar-refractivity contribution in [2.75, 3.05) is 13.6 Å². The van der Waals surface area contributed by atoms with Crippen molar-refractivity contribution in [2.45, 2.75) is 51.7 Å². The van der Waals surface area contributed by atoms with Crippen LogP contribution < -0.4 is 9.47 Å². The third kappa shape index (κ3) is 5.71. The van der Waals surface area contributed by atoms with Gasteiger partial charge in [0.1, 0.15) is 18.0 Å². The maximum Gasteiger partial charge on any atom is 0.228 e. The van der Waals surface area contributed by atoms with Gasteiger partial charge in [0.25, 0.3) is 0 Å². The Labute approximate surface area is 175 Å². The summed E-state index contributed by atoms with van der Waals surface area (Å²) in [5.74, 6) is 1.55. The van der Waals surface area contributed by atoms with Crippen molar-refractivity contribution in [1.82, 2.24) is 9.88 Å². The number of aryl methyl sites for hydroxylation is 1. The van der Waals surface area contributed by atoms with Gasteiger partial charge in [-0.2, -0.15) is 0 Å². The number of aliphatic imine (C=N–C) groups is 1. The largest absolute Gasteiger partial charge is 0.490 e. The SMILES string of the molecule is CCN(C)C=Nc1cc(Br)c(OC2CCCC(Oc3ccccc3)C2)nc1C. The van der Waals surface area contributed by atoms with Crippen molar-refractivity contribution in [1.29, 1.82) is 0 Å². The number of halogens is 1. The second-order valence-corrected chi connectivity index (χ2v) is 8.01. The summed E-state index contributed by atoms with van der Waals surface area (Å²) >= 11 is 3.59. The Balaban J connectivity index is 1.64. The first-order valence-corrected chi connectivity index (χ1v) is 10.6. The van der Waals surface area contributed by atoms with E-state index in [0.717, 1.165) is 53.8 Å². The molecule has 5 nitrogen and oxygen atoms in total. The highest BCUT2D eigenvalue weighted by atomic mass is 79.9. The molecular weight excluding hydrogens is 418 g/mol. The molecule has 0 N–H and O–H groups in total. The number of aromatic nitrogens is 1. The van der Waals surface area contributed by atoms with Crippen LogP contribution in [0.3, 0.4) is 0 Å². The molecule has 0 bridgehead atoms. The fourth-order valence-electron chi connectivity index (χ4n) is 3.17. The molecule has 6 heteroatoms. The lowest BCUT2D eigenvalue weighted by atomic mass is 9.95. The molecule has 28 heavy (non-hydrogen) atoms. The average molecular weight is 446 g/mol. The second kappa shape index (κ2) is 9.92. The fourth-order valence-corrected chi connectivity index (χ4v) is 3.57. The first-order valence-electron chi connectivity index (χ1n) is 9.85. The van der Waals surface area contributed by atoms with Crippen LogP contribution >= 0.6 is 15.9 Å². The van der Waals surface area contributed by atoms with E-state index in [4.69, 9.17) is 9.47 Å². The monoisotopic (exact) mass is 445 g/mol. The van der Waals surface area contributed by atoms with E-state index in [1.807, 2.05) is 61.6 Å². The minimum atomic E-state index is 0.103. The Bertz CT molecular complexity index is 798. The fraction of sp³-hybridized carbons (Fsp3) is 0.455. The van der Waals surface area contributed by atoms with Crippen molar-refractivity contribution in [3.8, 4) is 11.6 Å². The molecule has 1 saturated carbocycles. The third-order valence-electron chi connectivity index (χ3n) is 4.90. The molecule has 1 aliphatic rings. The normalized spacial score (nSPS) is 19.6. The Morgan fingerprint density at radius 2 is 1.93 bits per heavy atom. The van der Waals surface area contributed by atoms with Crippen molar-refractivity contribution in [3.05, 3.63) is 46.6 Å². The molecule has 1 fully saturated rings. The van der Waals surface area contributed by atoms with Gasteiger partial charge in [-0.3, -0.25) is 0 Å². The van der Waals surface area contributed by atoms with Gasteiger partial charge in [0.2, 0.25) is 5.88 Å². The number of hydrogen-bond donors (Lipinski definition) is 0. The van der Waals surface area contributed by atoms with Crippen LogP contribution in [0, 0.1) is 6.92 Å². The summed E-state index contributed by atoms with van der Waals surface area (Å²) in [5, 5.41) is 0. The molecule has 0 radical (unpaired) electrons. The smallest absolute Gasteiger partial charge is 0.228 e. The van der Waals surface area contributed by atoms with Crippen LogP contribution in [0.2, 0.25) is 0 Å². The molecule has 2 unspecified atom stereocenters. The molecule has 3 rings (SSSR count). The standard InChI is InChI=1S/C22H28BrN3O2/c1-4-26(3)15-24-21-14-20(23)22(25-16(21)2)28-19-12-8-11-18(13-19)27-17-9-6-5-7-10-17/h5-7,9-10,14-15,18-19H,4,8,11-13H2,1-3H3. The predicted molar refractivity (Wildman–Crippen MR) is 117 cm³/mol. The van der Waals surface area contributed by atoms with Crippen LogP contribution in [0.4, 0.5) is 5.69 Å². The van der Waals surface area contributed by atoms with Gasteiger partial charge in [-0.1, -0.05) is 18.2 Å². The van der Waals surface area contributed by atoms with Crippen molar-refractivity contribution in [2.24, 2.45) is 4.99 Å². The van der Waals surface area contributed by atoms with Crippen LogP contribution in [0.15, 0.2) is 45.9 Å². The average Bonchev–Trinajstić information content (AvgIpc) is 2.70. The number of hydrogen-bond acceptors (Lipinski definition) is 4. The van der Waals surface area contributed by atoms with E-state index in [9.17, 15) is 0 Å². The topological polar surface area (TPSA) is 47.0 Å². The minimum absolute atomic E-state index is 0.103. The molecule has 1 aromatic carbocycles. The van der Waals surface area contributed by atoms with E-state index in [0.29, 0.717) is 5.88 Å². The summed E-state index contributed by atoms with van der Waals surface area (Å²) in [5.41, 5.74) is 1.69.